The molecule has 1 aromatic carbocycles. The van der Waals surface area contributed by atoms with Gasteiger partial charge in [0.05, 0.1) is 11.8 Å². The number of aromatic nitrogens is 1. The minimum absolute atomic E-state index is 0.0202. The SMILES string of the molecule is COc1cccc2sc(N(CCCN(C)C)C(C)=O)nc12. The summed E-state index contributed by atoms with van der Waals surface area (Å²) in [6, 6.07) is 5.82. The number of para-hydroxylation sites is 1. The fourth-order valence-electron chi connectivity index (χ4n) is 2.12. The van der Waals surface area contributed by atoms with Crippen LogP contribution in [0.1, 0.15) is 13.3 Å². The second-order valence-corrected chi connectivity index (χ2v) is 6.14. The molecular formula is C15H21N3O2S. The van der Waals surface area contributed by atoms with Crippen LogP contribution in [0.5, 0.6) is 5.75 Å². The van der Waals surface area contributed by atoms with Gasteiger partial charge in [-0.2, -0.15) is 0 Å². The molecule has 1 aromatic heterocycles. The Labute approximate surface area is 129 Å². The van der Waals surface area contributed by atoms with Gasteiger partial charge in [-0.15, -0.1) is 0 Å². The van der Waals surface area contributed by atoms with Crippen LogP contribution in [0.25, 0.3) is 10.2 Å². The summed E-state index contributed by atoms with van der Waals surface area (Å²) >= 11 is 1.52. The first-order chi connectivity index (χ1) is 10.0. The number of thiazole rings is 1. The lowest BCUT2D eigenvalue weighted by molar-refractivity contribution is -0.116. The van der Waals surface area contributed by atoms with Crippen LogP contribution in [0, 0.1) is 0 Å². The number of rotatable bonds is 6. The van der Waals surface area contributed by atoms with Gasteiger partial charge in [-0.1, -0.05) is 17.4 Å². The van der Waals surface area contributed by atoms with Crippen LogP contribution in [0.4, 0.5) is 5.13 Å². The largest absolute Gasteiger partial charge is 0.494 e. The first-order valence-corrected chi connectivity index (χ1v) is 7.71. The molecule has 5 nitrogen and oxygen atoms in total. The minimum atomic E-state index is 0.0202. The van der Waals surface area contributed by atoms with Gasteiger partial charge in [0, 0.05) is 13.5 Å². The summed E-state index contributed by atoms with van der Waals surface area (Å²) in [5, 5.41) is 0.737. The van der Waals surface area contributed by atoms with Crippen molar-refractivity contribution in [3.8, 4) is 5.75 Å². The van der Waals surface area contributed by atoms with Crippen LogP contribution in [0.15, 0.2) is 18.2 Å². The number of methoxy groups -OCH3 is 1. The number of ether oxygens (including phenoxy) is 1. The molecule has 0 radical (unpaired) electrons. The number of hydrogen-bond acceptors (Lipinski definition) is 5. The Morgan fingerprint density at radius 1 is 1.33 bits per heavy atom. The van der Waals surface area contributed by atoms with Gasteiger partial charge in [-0.05, 0) is 39.2 Å². The highest BCUT2D eigenvalue weighted by Crippen LogP contribution is 2.34. The van der Waals surface area contributed by atoms with Gasteiger partial charge in [-0.3, -0.25) is 9.69 Å². The van der Waals surface area contributed by atoms with E-state index in [2.05, 4.69) is 9.88 Å². The molecule has 0 saturated carbocycles. The lowest BCUT2D eigenvalue weighted by Gasteiger charge is -2.19. The van der Waals surface area contributed by atoms with E-state index in [1.165, 1.54) is 11.3 Å². The third-order valence-electron chi connectivity index (χ3n) is 3.19. The molecule has 0 aliphatic heterocycles. The highest BCUT2D eigenvalue weighted by Gasteiger charge is 2.17. The van der Waals surface area contributed by atoms with E-state index in [4.69, 9.17) is 4.74 Å². The van der Waals surface area contributed by atoms with Gasteiger partial charge < -0.3 is 9.64 Å². The standard InChI is InChI=1S/C15H21N3O2S/c1-11(19)18(10-6-9-17(2)3)15-16-14-12(20-4)7-5-8-13(14)21-15/h5,7-8H,6,9-10H2,1-4H3. The predicted molar refractivity (Wildman–Crippen MR) is 87.4 cm³/mol. The molecule has 0 atom stereocenters. The molecule has 0 aliphatic rings. The number of carbonyl (C=O) groups is 1. The van der Waals surface area contributed by atoms with E-state index < -0.39 is 0 Å². The van der Waals surface area contributed by atoms with Crippen molar-refractivity contribution in [3.05, 3.63) is 18.2 Å². The smallest absolute Gasteiger partial charge is 0.225 e. The molecule has 1 amide bonds. The van der Waals surface area contributed by atoms with Gasteiger partial charge in [0.15, 0.2) is 5.13 Å². The van der Waals surface area contributed by atoms with Crippen LogP contribution in [-0.4, -0.2) is 50.1 Å². The molecule has 0 bridgehead atoms. The summed E-state index contributed by atoms with van der Waals surface area (Å²) in [5.74, 6) is 0.763. The van der Waals surface area contributed by atoms with Crippen molar-refractivity contribution in [3.63, 3.8) is 0 Å². The number of fused-ring (bicyclic) bond motifs is 1. The van der Waals surface area contributed by atoms with Crippen molar-refractivity contribution < 1.29 is 9.53 Å². The third-order valence-corrected chi connectivity index (χ3v) is 4.23. The highest BCUT2D eigenvalue weighted by atomic mass is 32.1. The summed E-state index contributed by atoms with van der Waals surface area (Å²) in [4.78, 5) is 20.3. The van der Waals surface area contributed by atoms with E-state index in [1.54, 1.807) is 18.9 Å². The second kappa shape index (κ2) is 6.87. The molecule has 2 aromatic rings. The summed E-state index contributed by atoms with van der Waals surface area (Å²) in [6.45, 7) is 3.20. The summed E-state index contributed by atoms with van der Waals surface area (Å²) in [7, 11) is 5.69. The average molecular weight is 307 g/mol. The molecule has 0 aliphatic carbocycles. The van der Waals surface area contributed by atoms with Gasteiger partial charge in [0.25, 0.3) is 0 Å². The summed E-state index contributed by atoms with van der Waals surface area (Å²) in [5.41, 5.74) is 0.818. The van der Waals surface area contributed by atoms with Crippen LogP contribution in [0.2, 0.25) is 0 Å². The van der Waals surface area contributed by atoms with E-state index in [1.807, 2.05) is 32.3 Å². The normalized spacial score (nSPS) is 11.1. The maximum Gasteiger partial charge on any atom is 0.225 e. The van der Waals surface area contributed by atoms with E-state index >= 15 is 0 Å². The lowest BCUT2D eigenvalue weighted by atomic mass is 10.3. The molecule has 2 rings (SSSR count). The van der Waals surface area contributed by atoms with Crippen LogP contribution in [-0.2, 0) is 4.79 Å². The molecule has 0 unspecified atom stereocenters. The number of benzene rings is 1. The molecule has 0 saturated heterocycles. The number of carbonyl (C=O) groups excluding carboxylic acids is 1. The molecule has 114 valence electrons. The first-order valence-electron chi connectivity index (χ1n) is 6.89. The van der Waals surface area contributed by atoms with Crippen LogP contribution >= 0.6 is 11.3 Å². The number of amides is 1. The quantitative estimate of drug-likeness (QED) is 0.823. The third kappa shape index (κ3) is 3.71. The first kappa shape index (κ1) is 15.7. The number of hydrogen-bond donors (Lipinski definition) is 0. The van der Waals surface area contributed by atoms with Gasteiger partial charge >= 0.3 is 0 Å². The zero-order chi connectivity index (χ0) is 15.4. The fourth-order valence-corrected chi connectivity index (χ4v) is 3.18. The number of anilines is 1. The van der Waals surface area contributed by atoms with Crippen molar-refractivity contribution in [2.45, 2.75) is 13.3 Å². The van der Waals surface area contributed by atoms with Crippen molar-refractivity contribution in [2.24, 2.45) is 0 Å². The predicted octanol–water partition coefficient (Wildman–Crippen LogP) is 2.61. The van der Waals surface area contributed by atoms with Crippen molar-refractivity contribution in [1.82, 2.24) is 9.88 Å². The minimum Gasteiger partial charge on any atom is -0.494 e. The Bertz CT molecular complexity index is 624. The van der Waals surface area contributed by atoms with Crippen molar-refractivity contribution in [2.75, 3.05) is 39.2 Å². The second-order valence-electron chi connectivity index (χ2n) is 5.13. The van der Waals surface area contributed by atoms with Gasteiger partial charge in [0.2, 0.25) is 5.91 Å². The topological polar surface area (TPSA) is 45.7 Å². The van der Waals surface area contributed by atoms with Crippen molar-refractivity contribution in [1.29, 1.82) is 0 Å². The van der Waals surface area contributed by atoms with Crippen LogP contribution in [0.3, 0.4) is 0 Å². The Hall–Kier alpha value is -1.66. The zero-order valence-electron chi connectivity index (χ0n) is 12.9. The molecular weight excluding hydrogens is 286 g/mol. The molecule has 21 heavy (non-hydrogen) atoms. The van der Waals surface area contributed by atoms with Gasteiger partial charge in [-0.25, -0.2) is 4.98 Å². The van der Waals surface area contributed by atoms with Gasteiger partial charge in [0.1, 0.15) is 11.3 Å². The fraction of sp³-hybridized carbons (Fsp3) is 0.467. The van der Waals surface area contributed by atoms with E-state index in [0.717, 1.165) is 34.1 Å². The Balaban J connectivity index is 2.26. The van der Waals surface area contributed by atoms with Crippen molar-refractivity contribution >= 4 is 32.6 Å². The molecule has 0 fully saturated rings. The zero-order valence-corrected chi connectivity index (χ0v) is 13.7. The molecule has 0 N–H and O–H groups in total. The van der Waals surface area contributed by atoms with E-state index in [9.17, 15) is 4.79 Å². The van der Waals surface area contributed by atoms with E-state index in [-0.39, 0.29) is 5.91 Å². The molecule has 6 heteroatoms. The van der Waals surface area contributed by atoms with E-state index in [0.29, 0.717) is 6.54 Å². The monoisotopic (exact) mass is 307 g/mol. The lowest BCUT2D eigenvalue weighted by Crippen LogP contribution is -2.31. The summed E-state index contributed by atoms with van der Waals surface area (Å²) in [6.07, 6.45) is 0.916. The molecule has 1 heterocycles. The maximum atomic E-state index is 11.9. The Morgan fingerprint density at radius 2 is 2.10 bits per heavy atom. The molecule has 0 spiro atoms. The average Bonchev–Trinajstić information content (AvgIpc) is 2.85. The van der Waals surface area contributed by atoms with Crippen LogP contribution < -0.4 is 9.64 Å². The highest BCUT2D eigenvalue weighted by molar-refractivity contribution is 7.22. The number of nitrogens with zero attached hydrogens (tertiary/aromatic N) is 3. The summed E-state index contributed by atoms with van der Waals surface area (Å²) < 4.78 is 6.36. The Kier molecular flexibility index (Phi) is 5.14. The Morgan fingerprint density at radius 3 is 2.71 bits per heavy atom. The maximum absolute atomic E-state index is 11.9.